The molecule has 2 nitrogen and oxygen atoms in total. The fourth-order valence-electron chi connectivity index (χ4n) is 2.12. The number of nitrogens with two attached hydrogens (primary N) is 1. The smallest absolute Gasteiger partial charge is 0.126 e. The standard InChI is InChI=1S/C11H12N2/c1-6-2-3-7-8-5-10(8)13-11(12)9(7)4-6/h2-4,8,10H,5H2,1H3,(H2,12,13)/t8?,10-/m0/s1. The Morgan fingerprint density at radius 1 is 1.46 bits per heavy atom. The van der Waals surface area contributed by atoms with Crippen LogP contribution in [0.15, 0.2) is 23.2 Å². The molecule has 2 heteroatoms. The highest BCUT2D eigenvalue weighted by Gasteiger charge is 2.42. The van der Waals surface area contributed by atoms with Crippen LogP contribution in [-0.2, 0) is 0 Å². The molecule has 1 unspecified atom stereocenters. The fourth-order valence-corrected chi connectivity index (χ4v) is 2.12. The predicted molar refractivity (Wildman–Crippen MR) is 53.0 cm³/mol. The van der Waals surface area contributed by atoms with Gasteiger partial charge in [-0.25, -0.2) is 0 Å². The lowest BCUT2D eigenvalue weighted by atomic mass is 9.98. The molecule has 66 valence electrons. The van der Waals surface area contributed by atoms with E-state index in [1.54, 1.807) is 0 Å². The van der Waals surface area contributed by atoms with Crippen LogP contribution in [0, 0.1) is 6.92 Å². The average molecular weight is 172 g/mol. The molecule has 2 N–H and O–H groups in total. The minimum atomic E-state index is 0.496. The van der Waals surface area contributed by atoms with E-state index in [9.17, 15) is 0 Å². The number of hydrogen-bond acceptors (Lipinski definition) is 2. The first-order chi connectivity index (χ1) is 6.25. The number of amidine groups is 1. The first-order valence-corrected chi connectivity index (χ1v) is 4.70. The summed E-state index contributed by atoms with van der Waals surface area (Å²) in [6.07, 6.45) is 1.19. The maximum absolute atomic E-state index is 5.88. The minimum Gasteiger partial charge on any atom is -0.383 e. The number of fused-ring (bicyclic) bond motifs is 3. The van der Waals surface area contributed by atoms with E-state index in [2.05, 4.69) is 30.1 Å². The first-order valence-electron chi connectivity index (χ1n) is 4.70. The van der Waals surface area contributed by atoms with Gasteiger partial charge in [-0.05, 0) is 25.0 Å². The van der Waals surface area contributed by atoms with Gasteiger partial charge in [0.05, 0.1) is 6.04 Å². The van der Waals surface area contributed by atoms with Gasteiger partial charge in [0.2, 0.25) is 0 Å². The molecule has 0 aromatic heterocycles. The number of hydrogen-bond donors (Lipinski definition) is 1. The molecular formula is C11H12N2. The van der Waals surface area contributed by atoms with Gasteiger partial charge in [0.25, 0.3) is 0 Å². The molecule has 0 radical (unpaired) electrons. The van der Waals surface area contributed by atoms with Crippen molar-refractivity contribution in [3.8, 4) is 0 Å². The van der Waals surface area contributed by atoms with Crippen LogP contribution in [0.3, 0.4) is 0 Å². The lowest BCUT2D eigenvalue weighted by Crippen LogP contribution is -2.19. The molecule has 3 rings (SSSR count). The molecule has 2 aliphatic rings. The lowest BCUT2D eigenvalue weighted by molar-refractivity contribution is 0.958. The second-order valence-corrected chi connectivity index (χ2v) is 4.01. The molecule has 1 aromatic rings. The molecule has 1 aromatic carbocycles. The van der Waals surface area contributed by atoms with Crippen LogP contribution in [-0.4, -0.2) is 11.9 Å². The number of nitrogens with zero attached hydrogens (tertiary/aromatic N) is 1. The molecule has 1 aliphatic carbocycles. The molecule has 1 saturated carbocycles. The maximum Gasteiger partial charge on any atom is 0.126 e. The van der Waals surface area contributed by atoms with E-state index in [0.29, 0.717) is 12.0 Å². The first kappa shape index (κ1) is 7.13. The third kappa shape index (κ3) is 0.916. The molecular weight excluding hydrogens is 160 g/mol. The highest BCUT2D eigenvalue weighted by molar-refractivity contribution is 6.00. The van der Waals surface area contributed by atoms with Crippen LogP contribution in [0.5, 0.6) is 0 Å². The van der Waals surface area contributed by atoms with Gasteiger partial charge in [-0.1, -0.05) is 17.7 Å². The molecule has 13 heavy (non-hydrogen) atoms. The number of aliphatic imine (C=N–C) groups is 1. The highest BCUT2D eigenvalue weighted by Crippen LogP contribution is 2.47. The lowest BCUT2D eigenvalue weighted by Gasteiger charge is -2.13. The van der Waals surface area contributed by atoms with E-state index in [0.717, 1.165) is 5.84 Å². The SMILES string of the molecule is Cc1ccc2c(c1)C(N)=N[C@H]1CC21. The van der Waals surface area contributed by atoms with E-state index in [4.69, 9.17) is 5.73 Å². The third-order valence-corrected chi connectivity index (χ3v) is 2.95. The second kappa shape index (κ2) is 2.13. The molecule has 0 amide bonds. The van der Waals surface area contributed by atoms with E-state index < -0.39 is 0 Å². The predicted octanol–water partition coefficient (Wildman–Crippen LogP) is 1.57. The highest BCUT2D eigenvalue weighted by atomic mass is 15.0. The van der Waals surface area contributed by atoms with Crippen molar-refractivity contribution in [1.29, 1.82) is 0 Å². The monoisotopic (exact) mass is 172 g/mol. The van der Waals surface area contributed by atoms with Gasteiger partial charge >= 0.3 is 0 Å². The van der Waals surface area contributed by atoms with E-state index in [1.807, 2.05) is 0 Å². The Kier molecular flexibility index (Phi) is 1.17. The van der Waals surface area contributed by atoms with Gasteiger partial charge in [0.15, 0.2) is 0 Å². The van der Waals surface area contributed by atoms with Crippen LogP contribution in [0.2, 0.25) is 0 Å². The van der Waals surface area contributed by atoms with Gasteiger partial charge < -0.3 is 5.73 Å². The molecule has 1 fully saturated rings. The Hall–Kier alpha value is -1.31. The zero-order valence-electron chi connectivity index (χ0n) is 7.62. The summed E-state index contributed by atoms with van der Waals surface area (Å²) in [6, 6.07) is 7.00. The van der Waals surface area contributed by atoms with Gasteiger partial charge in [-0.15, -0.1) is 0 Å². The maximum atomic E-state index is 5.88. The second-order valence-electron chi connectivity index (χ2n) is 4.01. The van der Waals surface area contributed by atoms with Crippen LogP contribution in [0.4, 0.5) is 0 Å². The minimum absolute atomic E-state index is 0.496. The summed E-state index contributed by atoms with van der Waals surface area (Å²) in [7, 11) is 0. The molecule has 1 aliphatic heterocycles. The Labute approximate surface area is 77.5 Å². The van der Waals surface area contributed by atoms with Crippen molar-refractivity contribution in [3.05, 3.63) is 34.9 Å². The van der Waals surface area contributed by atoms with E-state index in [-0.39, 0.29) is 0 Å². The molecule has 0 saturated heterocycles. The fraction of sp³-hybridized carbons (Fsp3) is 0.364. The van der Waals surface area contributed by atoms with Gasteiger partial charge in [-0.3, -0.25) is 4.99 Å². The summed E-state index contributed by atoms with van der Waals surface area (Å²) in [6.45, 7) is 2.09. The van der Waals surface area contributed by atoms with Crippen molar-refractivity contribution < 1.29 is 0 Å². The van der Waals surface area contributed by atoms with Crippen molar-refractivity contribution >= 4 is 5.84 Å². The molecule has 0 bridgehead atoms. The Morgan fingerprint density at radius 3 is 3.15 bits per heavy atom. The van der Waals surface area contributed by atoms with Crippen molar-refractivity contribution in [2.45, 2.75) is 25.3 Å². The van der Waals surface area contributed by atoms with Crippen LogP contribution < -0.4 is 5.73 Å². The van der Waals surface area contributed by atoms with Crippen molar-refractivity contribution in [3.63, 3.8) is 0 Å². The number of benzene rings is 1. The quantitative estimate of drug-likeness (QED) is 0.633. The number of aryl methyl sites for hydroxylation is 1. The zero-order chi connectivity index (χ0) is 9.00. The molecule has 0 spiro atoms. The van der Waals surface area contributed by atoms with Gasteiger partial charge in [0, 0.05) is 11.5 Å². The zero-order valence-corrected chi connectivity index (χ0v) is 7.62. The molecule has 2 atom stereocenters. The van der Waals surface area contributed by atoms with Crippen molar-refractivity contribution in [1.82, 2.24) is 0 Å². The van der Waals surface area contributed by atoms with Crippen LogP contribution >= 0.6 is 0 Å². The number of rotatable bonds is 0. The van der Waals surface area contributed by atoms with Crippen LogP contribution in [0.1, 0.15) is 29.0 Å². The average Bonchev–Trinajstić information content (AvgIpc) is 2.83. The van der Waals surface area contributed by atoms with Crippen LogP contribution in [0.25, 0.3) is 0 Å². The van der Waals surface area contributed by atoms with E-state index >= 15 is 0 Å². The Bertz CT molecular complexity index is 407. The topological polar surface area (TPSA) is 38.4 Å². The Morgan fingerprint density at radius 2 is 2.31 bits per heavy atom. The summed E-state index contributed by atoms with van der Waals surface area (Å²) >= 11 is 0. The van der Waals surface area contributed by atoms with Gasteiger partial charge in [-0.2, -0.15) is 0 Å². The summed E-state index contributed by atoms with van der Waals surface area (Å²) < 4.78 is 0. The molecule has 1 heterocycles. The summed E-state index contributed by atoms with van der Waals surface area (Å²) in [4.78, 5) is 4.43. The summed E-state index contributed by atoms with van der Waals surface area (Å²) in [5.41, 5.74) is 9.71. The van der Waals surface area contributed by atoms with Crippen molar-refractivity contribution in [2.75, 3.05) is 0 Å². The summed E-state index contributed by atoms with van der Waals surface area (Å²) in [5, 5.41) is 0. The van der Waals surface area contributed by atoms with E-state index in [1.165, 1.54) is 23.1 Å². The Balaban J connectivity index is 2.24. The normalized spacial score (nSPS) is 28.8. The third-order valence-electron chi connectivity index (χ3n) is 2.95. The van der Waals surface area contributed by atoms with Gasteiger partial charge in [0.1, 0.15) is 5.84 Å². The van der Waals surface area contributed by atoms with Crippen molar-refractivity contribution in [2.24, 2.45) is 10.7 Å². The largest absolute Gasteiger partial charge is 0.383 e. The summed E-state index contributed by atoms with van der Waals surface area (Å²) in [5.74, 6) is 1.40.